The molecule has 1 amide bonds. The van der Waals surface area contributed by atoms with E-state index in [1.807, 2.05) is 117 Å². The van der Waals surface area contributed by atoms with Crippen molar-refractivity contribution in [3.8, 4) is 28.3 Å². The summed E-state index contributed by atoms with van der Waals surface area (Å²) in [6, 6.07) is 28.1. The smallest absolute Gasteiger partial charge is 0.306 e. The fraction of sp³-hybridized carbons (Fsp3) is 0.270. The van der Waals surface area contributed by atoms with E-state index in [9.17, 15) is 14.7 Å². The average molecular weight is 590 g/mol. The van der Waals surface area contributed by atoms with Crippen molar-refractivity contribution in [2.24, 2.45) is 5.41 Å². The number of aliphatic hydroxyl groups excluding tert-OH is 1. The number of aromatic nitrogens is 1. The molecule has 3 aromatic carbocycles. The number of rotatable bonds is 12. The first-order chi connectivity index (χ1) is 21.2. The fourth-order valence-electron chi connectivity index (χ4n) is 4.70. The Kier molecular flexibility index (Phi) is 10.9. The van der Waals surface area contributed by atoms with E-state index in [-0.39, 0.29) is 36.9 Å². The van der Waals surface area contributed by atoms with Gasteiger partial charge in [-0.15, -0.1) is 0 Å². The van der Waals surface area contributed by atoms with Gasteiger partial charge in [-0.1, -0.05) is 99.7 Å². The first kappa shape index (κ1) is 32.0. The van der Waals surface area contributed by atoms with E-state index in [4.69, 9.17) is 10.00 Å². The number of hydrogen-bond donors (Lipinski definition) is 2. The van der Waals surface area contributed by atoms with Crippen LogP contribution in [0.2, 0.25) is 0 Å². The molecule has 0 unspecified atom stereocenters. The molecule has 0 saturated carbocycles. The maximum Gasteiger partial charge on any atom is 0.306 e. The van der Waals surface area contributed by atoms with Gasteiger partial charge in [0.2, 0.25) is 5.91 Å². The Morgan fingerprint density at radius 2 is 1.55 bits per heavy atom. The molecule has 0 aliphatic rings. The highest BCUT2D eigenvalue weighted by Crippen LogP contribution is 2.27. The number of benzene rings is 3. The lowest BCUT2D eigenvalue weighted by atomic mass is 9.87. The number of aliphatic hydroxyl groups is 1. The zero-order valence-electron chi connectivity index (χ0n) is 25.4. The zero-order chi connectivity index (χ0) is 31.5. The van der Waals surface area contributed by atoms with Crippen molar-refractivity contribution >= 4 is 11.9 Å². The van der Waals surface area contributed by atoms with Gasteiger partial charge < -0.3 is 19.7 Å². The van der Waals surface area contributed by atoms with Gasteiger partial charge in [0, 0.05) is 18.8 Å². The molecule has 44 heavy (non-hydrogen) atoms. The largest absolute Gasteiger partial charge is 0.461 e. The van der Waals surface area contributed by atoms with E-state index < -0.39 is 12.1 Å². The maximum absolute atomic E-state index is 13.5. The van der Waals surface area contributed by atoms with E-state index in [1.165, 1.54) is 0 Å². The Bertz CT molecular complexity index is 1590. The minimum atomic E-state index is -0.682. The van der Waals surface area contributed by atoms with Crippen molar-refractivity contribution in [1.82, 2.24) is 9.88 Å². The second kappa shape index (κ2) is 15.0. The number of carbonyl (C=O) groups is 2. The lowest BCUT2D eigenvalue weighted by Crippen LogP contribution is -2.48. The van der Waals surface area contributed by atoms with Crippen LogP contribution in [0, 0.1) is 16.7 Å². The van der Waals surface area contributed by atoms with Gasteiger partial charge in [0.1, 0.15) is 12.6 Å². The molecule has 4 aromatic rings. The Morgan fingerprint density at radius 3 is 2.14 bits per heavy atom. The summed E-state index contributed by atoms with van der Waals surface area (Å²) in [5, 5.41) is 22.0. The van der Waals surface area contributed by atoms with Gasteiger partial charge in [-0.2, -0.15) is 5.26 Å². The maximum atomic E-state index is 13.5. The Morgan fingerprint density at radius 1 is 0.932 bits per heavy atom. The third kappa shape index (κ3) is 8.79. The van der Waals surface area contributed by atoms with Crippen molar-refractivity contribution in [2.75, 3.05) is 6.61 Å². The highest BCUT2D eigenvalue weighted by Gasteiger charge is 2.28. The number of amides is 1. The summed E-state index contributed by atoms with van der Waals surface area (Å²) in [5.41, 5.74) is 5.22. The Labute approximate surface area is 259 Å². The molecule has 0 aliphatic carbocycles. The third-order valence-corrected chi connectivity index (χ3v) is 7.49. The van der Waals surface area contributed by atoms with Crippen LogP contribution in [0.5, 0.6) is 0 Å². The van der Waals surface area contributed by atoms with Crippen LogP contribution in [0.3, 0.4) is 0 Å². The number of nitrogens with one attached hydrogen (secondary N) is 1. The highest BCUT2D eigenvalue weighted by molar-refractivity contribution is 5.83. The number of ether oxygens (including phenoxy) is 1. The number of nitrogens with zero attached hydrogens (tertiary/aromatic N) is 2. The summed E-state index contributed by atoms with van der Waals surface area (Å²) in [7, 11) is 0. The van der Waals surface area contributed by atoms with Crippen LogP contribution >= 0.6 is 0 Å². The number of carbonyl (C=O) groups excluding carboxylic acids is 2. The molecule has 0 bridgehead atoms. The summed E-state index contributed by atoms with van der Waals surface area (Å²) >= 11 is 0. The zero-order valence-corrected chi connectivity index (χ0v) is 25.4. The second-order valence-electron chi connectivity index (χ2n) is 11.8. The quantitative estimate of drug-likeness (QED) is 0.139. The SMILES string of the molecule is CC(C)(C)[C@@H](CO)NC(=O)[C@@H](C=CCCC(=O)OCc1ccccc1)n1ccc(-c2ccc(-c3ccc(C#N)cc3)cc2)c1. The Hall–Kier alpha value is -4.93. The summed E-state index contributed by atoms with van der Waals surface area (Å²) in [6.45, 7) is 5.95. The summed E-state index contributed by atoms with van der Waals surface area (Å²) in [6.07, 6.45) is 8.01. The number of esters is 1. The number of allylic oxidation sites excluding steroid dienone is 1. The van der Waals surface area contributed by atoms with E-state index in [1.54, 1.807) is 18.2 Å². The fourth-order valence-corrected chi connectivity index (χ4v) is 4.70. The minimum Gasteiger partial charge on any atom is -0.461 e. The molecule has 7 heteroatoms. The van der Waals surface area contributed by atoms with Crippen molar-refractivity contribution < 1.29 is 19.4 Å². The van der Waals surface area contributed by atoms with Gasteiger partial charge in [-0.05, 0) is 57.9 Å². The van der Waals surface area contributed by atoms with E-state index in [0.29, 0.717) is 12.0 Å². The molecule has 0 spiro atoms. The van der Waals surface area contributed by atoms with E-state index in [0.717, 1.165) is 27.8 Å². The third-order valence-electron chi connectivity index (χ3n) is 7.49. The summed E-state index contributed by atoms with van der Waals surface area (Å²) in [5.74, 6) is -0.555. The van der Waals surface area contributed by atoms with Crippen LogP contribution in [0.1, 0.15) is 50.8 Å². The minimum absolute atomic E-state index is 0.179. The van der Waals surface area contributed by atoms with Crippen molar-refractivity contribution in [3.63, 3.8) is 0 Å². The molecule has 1 aromatic heterocycles. The van der Waals surface area contributed by atoms with Crippen LogP contribution in [-0.2, 0) is 20.9 Å². The molecule has 7 nitrogen and oxygen atoms in total. The normalized spacial score (nSPS) is 12.8. The average Bonchev–Trinajstić information content (AvgIpc) is 3.52. The molecule has 4 rings (SSSR count). The summed E-state index contributed by atoms with van der Waals surface area (Å²) < 4.78 is 7.21. The van der Waals surface area contributed by atoms with Gasteiger partial charge in [-0.25, -0.2) is 0 Å². The van der Waals surface area contributed by atoms with Gasteiger partial charge in [-0.3, -0.25) is 9.59 Å². The molecule has 0 radical (unpaired) electrons. The molecular formula is C37H39N3O4. The predicted molar refractivity (Wildman–Crippen MR) is 172 cm³/mol. The molecule has 0 fully saturated rings. The highest BCUT2D eigenvalue weighted by atomic mass is 16.5. The van der Waals surface area contributed by atoms with Crippen LogP contribution < -0.4 is 5.32 Å². The van der Waals surface area contributed by atoms with Crippen LogP contribution in [-0.4, -0.2) is 34.2 Å². The first-order valence-electron chi connectivity index (χ1n) is 14.7. The molecule has 1 heterocycles. The standard InChI is InChI=1S/C37H39N3O4/c1-37(2,3)34(25-41)39-36(43)33(11-7-8-12-35(42)44-26-28-9-5-4-6-10-28)40-22-21-32(24-40)31-19-17-30(18-20-31)29-15-13-27(23-38)14-16-29/h4-7,9-11,13-22,24,33-34,41H,8,12,25-26H2,1-3H3,(H,39,43)/t33-,34-/m1/s1. The molecule has 2 atom stereocenters. The predicted octanol–water partition coefficient (Wildman–Crippen LogP) is 6.84. The van der Waals surface area contributed by atoms with Crippen molar-refractivity contribution in [3.05, 3.63) is 121 Å². The van der Waals surface area contributed by atoms with E-state index >= 15 is 0 Å². The Balaban J connectivity index is 1.47. The lowest BCUT2D eigenvalue weighted by molar-refractivity contribution is -0.144. The monoisotopic (exact) mass is 589 g/mol. The molecule has 0 aliphatic heterocycles. The van der Waals surface area contributed by atoms with Crippen LogP contribution in [0.25, 0.3) is 22.3 Å². The van der Waals surface area contributed by atoms with Gasteiger partial charge in [0.05, 0.1) is 24.3 Å². The van der Waals surface area contributed by atoms with E-state index in [2.05, 4.69) is 11.4 Å². The molecular weight excluding hydrogens is 550 g/mol. The number of nitriles is 1. The molecule has 2 N–H and O–H groups in total. The van der Waals surface area contributed by atoms with Gasteiger partial charge in [0.15, 0.2) is 0 Å². The molecule has 226 valence electrons. The van der Waals surface area contributed by atoms with Gasteiger partial charge in [0.25, 0.3) is 0 Å². The first-order valence-corrected chi connectivity index (χ1v) is 14.7. The van der Waals surface area contributed by atoms with Crippen LogP contribution in [0.4, 0.5) is 0 Å². The van der Waals surface area contributed by atoms with Crippen molar-refractivity contribution in [2.45, 2.75) is 52.3 Å². The van der Waals surface area contributed by atoms with Gasteiger partial charge >= 0.3 is 5.97 Å². The molecule has 0 saturated heterocycles. The van der Waals surface area contributed by atoms with Crippen molar-refractivity contribution in [1.29, 1.82) is 5.26 Å². The lowest BCUT2D eigenvalue weighted by Gasteiger charge is -2.31. The second-order valence-corrected chi connectivity index (χ2v) is 11.8. The summed E-state index contributed by atoms with van der Waals surface area (Å²) in [4.78, 5) is 25.8. The van der Waals surface area contributed by atoms with Crippen LogP contribution in [0.15, 0.2) is 109 Å². The number of hydrogen-bond acceptors (Lipinski definition) is 5. The topological polar surface area (TPSA) is 104 Å².